The highest BCUT2D eigenvalue weighted by atomic mass is 127. The Labute approximate surface area is 194 Å². The molecule has 0 aliphatic heterocycles. The second kappa shape index (κ2) is 11.4. The van der Waals surface area contributed by atoms with E-state index in [1.165, 1.54) is 17.7 Å². The van der Waals surface area contributed by atoms with Gasteiger partial charge in [0.25, 0.3) is 5.91 Å². The van der Waals surface area contributed by atoms with Crippen molar-refractivity contribution in [2.24, 2.45) is 4.99 Å². The first-order chi connectivity index (χ1) is 13.6. The van der Waals surface area contributed by atoms with E-state index in [0.717, 1.165) is 31.0 Å². The first-order valence-corrected chi connectivity index (χ1v) is 10.5. The lowest BCUT2D eigenvalue weighted by Crippen LogP contribution is -2.41. The molecule has 29 heavy (non-hydrogen) atoms. The van der Waals surface area contributed by atoms with Gasteiger partial charge in [0.15, 0.2) is 5.96 Å². The molecule has 1 fully saturated rings. The highest BCUT2D eigenvalue weighted by molar-refractivity contribution is 14.0. The molecule has 5 nitrogen and oxygen atoms in total. The normalized spacial score (nSPS) is 14.5. The Morgan fingerprint density at radius 3 is 2.52 bits per heavy atom. The second-order valence-electron chi connectivity index (χ2n) is 6.98. The molecule has 1 saturated carbocycles. The van der Waals surface area contributed by atoms with E-state index in [0.29, 0.717) is 5.56 Å². The average Bonchev–Trinajstić information content (AvgIpc) is 3.50. The number of carbonyl (C=O) groups excluding carboxylic acids is 1. The molecular weight excluding hydrogens is 495 g/mol. The van der Waals surface area contributed by atoms with E-state index < -0.39 is 0 Å². The van der Waals surface area contributed by atoms with Gasteiger partial charge in [-0.05, 0) is 49.1 Å². The van der Waals surface area contributed by atoms with E-state index in [4.69, 9.17) is 0 Å². The molecular formula is C22H29IN4OS. The molecule has 0 saturated heterocycles. The number of guanidine groups is 1. The van der Waals surface area contributed by atoms with Crippen molar-refractivity contribution in [3.8, 4) is 0 Å². The van der Waals surface area contributed by atoms with Crippen molar-refractivity contribution < 1.29 is 4.79 Å². The molecule has 0 aromatic heterocycles. The number of benzene rings is 2. The fraction of sp³-hybridized carbons (Fsp3) is 0.364. The van der Waals surface area contributed by atoms with E-state index in [1.807, 2.05) is 36.0 Å². The van der Waals surface area contributed by atoms with Crippen molar-refractivity contribution in [1.82, 2.24) is 16.0 Å². The Morgan fingerprint density at radius 1 is 1.10 bits per heavy atom. The maximum absolute atomic E-state index is 11.8. The van der Waals surface area contributed by atoms with Gasteiger partial charge < -0.3 is 16.0 Å². The summed E-state index contributed by atoms with van der Waals surface area (Å²) in [5, 5.41) is 9.51. The van der Waals surface area contributed by atoms with Crippen molar-refractivity contribution in [2.75, 3.05) is 27.2 Å². The number of nitrogens with zero attached hydrogens (tertiary/aromatic N) is 1. The first-order valence-electron chi connectivity index (χ1n) is 9.64. The number of hydrogen-bond donors (Lipinski definition) is 3. The highest BCUT2D eigenvalue weighted by Gasteiger charge is 2.43. The SMILES string of the molecule is CN=C(NCCc1cccc(C(=O)NC)c1)NCC1(Sc2ccccc2)CC1.I. The van der Waals surface area contributed by atoms with Gasteiger partial charge in [-0.3, -0.25) is 9.79 Å². The lowest BCUT2D eigenvalue weighted by atomic mass is 10.1. The molecule has 0 unspecified atom stereocenters. The number of carbonyl (C=O) groups is 1. The zero-order valence-electron chi connectivity index (χ0n) is 16.9. The van der Waals surface area contributed by atoms with Crippen LogP contribution in [-0.2, 0) is 6.42 Å². The molecule has 0 bridgehead atoms. The highest BCUT2D eigenvalue weighted by Crippen LogP contribution is 2.51. The predicted octanol–water partition coefficient (Wildman–Crippen LogP) is 3.70. The Morgan fingerprint density at radius 2 is 1.86 bits per heavy atom. The molecule has 0 heterocycles. The minimum absolute atomic E-state index is 0. The molecule has 1 aliphatic rings. The Hall–Kier alpha value is -1.74. The van der Waals surface area contributed by atoms with Gasteiger partial charge in [-0.2, -0.15) is 0 Å². The number of thioether (sulfide) groups is 1. The average molecular weight is 524 g/mol. The maximum Gasteiger partial charge on any atom is 0.251 e. The minimum Gasteiger partial charge on any atom is -0.356 e. The summed E-state index contributed by atoms with van der Waals surface area (Å²) in [6, 6.07) is 18.3. The van der Waals surface area contributed by atoms with Crippen molar-refractivity contribution in [1.29, 1.82) is 0 Å². The monoisotopic (exact) mass is 524 g/mol. The van der Waals surface area contributed by atoms with Crippen LogP contribution in [-0.4, -0.2) is 43.8 Å². The Balaban J connectivity index is 0.00000300. The lowest BCUT2D eigenvalue weighted by molar-refractivity contribution is 0.0963. The summed E-state index contributed by atoms with van der Waals surface area (Å²) in [5.41, 5.74) is 1.82. The van der Waals surface area contributed by atoms with Gasteiger partial charge in [0.05, 0.1) is 0 Å². The van der Waals surface area contributed by atoms with Crippen molar-refractivity contribution in [3.05, 3.63) is 65.7 Å². The molecule has 156 valence electrons. The summed E-state index contributed by atoms with van der Waals surface area (Å²) in [6.45, 7) is 1.66. The van der Waals surface area contributed by atoms with Crippen LogP contribution in [0.4, 0.5) is 0 Å². The largest absolute Gasteiger partial charge is 0.356 e. The van der Waals surface area contributed by atoms with Crippen molar-refractivity contribution >= 4 is 47.6 Å². The Bertz CT molecular complexity index is 825. The van der Waals surface area contributed by atoms with E-state index in [-0.39, 0.29) is 34.6 Å². The molecule has 3 rings (SSSR count). The summed E-state index contributed by atoms with van der Waals surface area (Å²) in [6.07, 6.45) is 3.28. The molecule has 1 aliphatic carbocycles. The maximum atomic E-state index is 11.8. The van der Waals surface area contributed by atoms with Gasteiger partial charge in [0, 0.05) is 42.4 Å². The number of aliphatic imine (C=N–C) groups is 1. The van der Waals surface area contributed by atoms with Crippen LogP contribution in [0.2, 0.25) is 0 Å². The van der Waals surface area contributed by atoms with Crippen molar-refractivity contribution in [3.63, 3.8) is 0 Å². The zero-order valence-corrected chi connectivity index (χ0v) is 20.1. The second-order valence-corrected chi connectivity index (χ2v) is 8.52. The van der Waals surface area contributed by atoms with E-state index in [1.54, 1.807) is 14.1 Å². The molecule has 2 aromatic rings. The molecule has 0 radical (unpaired) electrons. The standard InChI is InChI=1S/C22H28N4OS.HI/c1-23-20(27)18-8-6-7-17(15-18)11-14-25-21(24-2)26-16-22(12-13-22)28-19-9-4-3-5-10-19;/h3-10,15H,11-14,16H2,1-2H3,(H,23,27)(H2,24,25,26);1H. The third kappa shape index (κ3) is 7.22. The van der Waals surface area contributed by atoms with E-state index in [2.05, 4.69) is 51.3 Å². The van der Waals surface area contributed by atoms with Gasteiger partial charge in [-0.15, -0.1) is 35.7 Å². The molecule has 0 atom stereocenters. The third-order valence-corrected chi connectivity index (χ3v) is 6.30. The molecule has 3 N–H and O–H groups in total. The molecule has 2 aromatic carbocycles. The smallest absolute Gasteiger partial charge is 0.251 e. The van der Waals surface area contributed by atoms with Gasteiger partial charge >= 0.3 is 0 Å². The van der Waals surface area contributed by atoms with Gasteiger partial charge in [-0.25, -0.2) is 0 Å². The summed E-state index contributed by atoms with van der Waals surface area (Å²) in [7, 11) is 3.44. The number of hydrogen-bond acceptors (Lipinski definition) is 3. The minimum atomic E-state index is -0.0575. The lowest BCUT2D eigenvalue weighted by Gasteiger charge is -2.18. The number of halogens is 1. The van der Waals surface area contributed by atoms with Gasteiger partial charge in [-0.1, -0.05) is 30.3 Å². The number of amides is 1. The van der Waals surface area contributed by atoms with Crippen molar-refractivity contribution in [2.45, 2.75) is 28.9 Å². The topological polar surface area (TPSA) is 65.5 Å². The van der Waals surface area contributed by atoms with E-state index >= 15 is 0 Å². The fourth-order valence-corrected chi connectivity index (χ4v) is 4.24. The molecule has 0 spiro atoms. The summed E-state index contributed by atoms with van der Waals surface area (Å²) in [4.78, 5) is 17.4. The summed E-state index contributed by atoms with van der Waals surface area (Å²) in [5.74, 6) is 0.764. The van der Waals surface area contributed by atoms with Gasteiger partial charge in [0.2, 0.25) is 0 Å². The van der Waals surface area contributed by atoms with Crippen LogP contribution < -0.4 is 16.0 Å². The first kappa shape index (κ1) is 23.5. The predicted molar refractivity (Wildman–Crippen MR) is 133 cm³/mol. The quantitative estimate of drug-likeness (QED) is 0.280. The van der Waals surface area contributed by atoms with E-state index in [9.17, 15) is 4.79 Å². The van der Waals surface area contributed by atoms with Crippen LogP contribution in [0.1, 0.15) is 28.8 Å². The third-order valence-electron chi connectivity index (χ3n) is 4.81. The fourth-order valence-electron chi connectivity index (χ4n) is 3.00. The molecule has 1 amide bonds. The van der Waals surface area contributed by atoms with Crippen LogP contribution >= 0.6 is 35.7 Å². The molecule has 7 heteroatoms. The van der Waals surface area contributed by atoms with Crippen LogP contribution in [0.3, 0.4) is 0 Å². The number of nitrogens with one attached hydrogen (secondary N) is 3. The summed E-state index contributed by atoms with van der Waals surface area (Å²) < 4.78 is 0.279. The van der Waals surface area contributed by atoms with Crippen LogP contribution in [0.5, 0.6) is 0 Å². The Kier molecular flexibility index (Phi) is 9.29. The summed E-state index contributed by atoms with van der Waals surface area (Å²) >= 11 is 1.95. The van der Waals surface area contributed by atoms with Crippen LogP contribution in [0.25, 0.3) is 0 Å². The zero-order chi connectivity index (χ0) is 19.8. The van der Waals surface area contributed by atoms with Crippen LogP contribution in [0, 0.1) is 0 Å². The van der Waals surface area contributed by atoms with Crippen LogP contribution in [0.15, 0.2) is 64.5 Å². The van der Waals surface area contributed by atoms with Gasteiger partial charge in [0.1, 0.15) is 0 Å². The number of rotatable bonds is 8.